The van der Waals surface area contributed by atoms with Crippen molar-refractivity contribution in [2.24, 2.45) is 11.3 Å². The second-order valence-corrected chi connectivity index (χ2v) is 8.38. The summed E-state index contributed by atoms with van der Waals surface area (Å²) in [6, 6.07) is 9.80. The number of nitriles is 1. The van der Waals surface area contributed by atoms with Gasteiger partial charge in [0.2, 0.25) is 5.91 Å². The van der Waals surface area contributed by atoms with E-state index in [1.54, 1.807) is 23.4 Å². The first-order valence-electron chi connectivity index (χ1n) is 10.4. The molecule has 2 aromatic rings. The third-order valence-corrected chi connectivity index (χ3v) is 6.42. The maximum absolute atomic E-state index is 13.0. The zero-order chi connectivity index (χ0) is 20.7. The Bertz CT molecular complexity index is 999. The van der Waals surface area contributed by atoms with Gasteiger partial charge in [-0.1, -0.05) is 0 Å². The molecule has 2 aliphatic heterocycles. The molecule has 0 radical (unpaired) electrons. The van der Waals surface area contributed by atoms with E-state index < -0.39 is 5.41 Å². The van der Waals surface area contributed by atoms with E-state index in [1.165, 1.54) is 0 Å². The van der Waals surface area contributed by atoms with Crippen molar-refractivity contribution in [3.63, 3.8) is 0 Å². The highest BCUT2D eigenvalue weighted by Crippen LogP contribution is 2.51. The van der Waals surface area contributed by atoms with Crippen LogP contribution < -0.4 is 15.1 Å². The van der Waals surface area contributed by atoms with E-state index in [2.05, 4.69) is 26.3 Å². The molecule has 1 amide bonds. The van der Waals surface area contributed by atoms with Crippen LogP contribution in [-0.4, -0.2) is 46.7 Å². The van der Waals surface area contributed by atoms with E-state index in [1.807, 2.05) is 18.2 Å². The molecule has 8 nitrogen and oxygen atoms in total. The van der Waals surface area contributed by atoms with Gasteiger partial charge in [-0.3, -0.25) is 4.79 Å². The van der Waals surface area contributed by atoms with E-state index in [0.29, 0.717) is 31.1 Å². The first-order valence-corrected chi connectivity index (χ1v) is 10.4. The fourth-order valence-electron chi connectivity index (χ4n) is 4.54. The van der Waals surface area contributed by atoms with Crippen molar-refractivity contribution in [1.29, 1.82) is 5.26 Å². The molecule has 8 heteroatoms. The second kappa shape index (κ2) is 7.26. The van der Waals surface area contributed by atoms with Crippen molar-refractivity contribution in [3.05, 3.63) is 36.7 Å². The van der Waals surface area contributed by atoms with Crippen molar-refractivity contribution in [2.45, 2.75) is 31.8 Å². The molecule has 0 unspecified atom stereocenters. The largest absolute Gasteiger partial charge is 0.391 e. The molecule has 3 fully saturated rings. The first kappa shape index (κ1) is 18.8. The minimum absolute atomic E-state index is 0.0834. The van der Waals surface area contributed by atoms with Crippen LogP contribution in [0, 0.1) is 22.7 Å². The van der Waals surface area contributed by atoms with Gasteiger partial charge in [0.1, 0.15) is 17.1 Å². The first-order chi connectivity index (χ1) is 14.6. The third kappa shape index (κ3) is 3.25. The summed E-state index contributed by atoms with van der Waals surface area (Å²) in [5.74, 6) is 1.37. The van der Waals surface area contributed by atoms with Gasteiger partial charge in [0.15, 0.2) is 0 Å². The van der Waals surface area contributed by atoms with E-state index in [9.17, 15) is 15.2 Å². The molecule has 2 atom stereocenters. The highest BCUT2D eigenvalue weighted by Gasteiger charge is 2.56. The fraction of sp³-hybridized carbons (Fsp3) is 0.455. The average Bonchev–Trinajstić information content (AvgIpc) is 3.44. The number of hydrogen-bond donors (Lipinski definition) is 2. The Kier molecular flexibility index (Phi) is 4.55. The molecule has 0 aromatic carbocycles. The third-order valence-electron chi connectivity index (χ3n) is 6.42. The maximum atomic E-state index is 13.0. The van der Waals surface area contributed by atoms with Crippen molar-refractivity contribution in [2.75, 3.05) is 34.8 Å². The van der Waals surface area contributed by atoms with Gasteiger partial charge in [-0.05, 0) is 49.8 Å². The molecule has 5 rings (SSSR count). The summed E-state index contributed by atoms with van der Waals surface area (Å²) in [5.41, 5.74) is 0.879. The molecule has 2 N–H and O–H groups in total. The minimum atomic E-state index is -0.850. The normalized spacial score (nSPS) is 26.1. The van der Waals surface area contributed by atoms with Crippen LogP contribution in [0.15, 0.2) is 36.7 Å². The highest BCUT2D eigenvalue weighted by molar-refractivity contribution is 6.02. The van der Waals surface area contributed by atoms with Crippen molar-refractivity contribution < 1.29 is 9.90 Å². The Morgan fingerprint density at radius 2 is 2.00 bits per heavy atom. The van der Waals surface area contributed by atoms with Gasteiger partial charge in [0.05, 0.1) is 24.1 Å². The summed E-state index contributed by atoms with van der Waals surface area (Å²) in [5, 5.41) is 22.6. The number of carbonyl (C=O) groups is 1. The van der Waals surface area contributed by atoms with Gasteiger partial charge >= 0.3 is 0 Å². The van der Waals surface area contributed by atoms with Gasteiger partial charge in [-0.15, -0.1) is 0 Å². The molecule has 1 aliphatic carbocycles. The van der Waals surface area contributed by atoms with E-state index in [-0.39, 0.29) is 17.9 Å². The number of nitrogens with zero attached hydrogens (tertiary/aromatic N) is 5. The summed E-state index contributed by atoms with van der Waals surface area (Å²) < 4.78 is 0. The number of carbonyl (C=O) groups excluding carboxylic acids is 1. The summed E-state index contributed by atoms with van der Waals surface area (Å²) in [6.45, 7) is 2.02. The predicted octanol–water partition coefficient (Wildman–Crippen LogP) is 2.45. The molecule has 2 saturated heterocycles. The van der Waals surface area contributed by atoms with Crippen LogP contribution >= 0.6 is 0 Å². The molecule has 0 bridgehead atoms. The number of anilines is 4. The van der Waals surface area contributed by atoms with Crippen molar-refractivity contribution in [1.82, 2.24) is 9.97 Å². The zero-order valence-electron chi connectivity index (χ0n) is 16.7. The lowest BCUT2D eigenvalue weighted by Crippen LogP contribution is -2.35. The molecule has 4 heterocycles. The Morgan fingerprint density at radius 3 is 2.67 bits per heavy atom. The molecule has 1 saturated carbocycles. The number of β-amino-alcohol motifs (C(OH)–C–C–N with tert-alkyl or cyclic N) is 1. The lowest BCUT2D eigenvalue weighted by atomic mass is 9.83. The number of rotatable bonds is 5. The van der Waals surface area contributed by atoms with Gasteiger partial charge < -0.3 is 20.2 Å². The fourth-order valence-corrected chi connectivity index (χ4v) is 4.54. The van der Waals surface area contributed by atoms with Crippen LogP contribution in [0.5, 0.6) is 0 Å². The number of amides is 1. The van der Waals surface area contributed by atoms with Gasteiger partial charge in [-0.25, -0.2) is 9.97 Å². The molecular weight excluding hydrogens is 380 g/mol. The monoisotopic (exact) mass is 404 g/mol. The van der Waals surface area contributed by atoms with E-state index in [0.717, 1.165) is 37.2 Å². The second-order valence-electron chi connectivity index (χ2n) is 8.38. The Hall–Kier alpha value is -3.18. The maximum Gasteiger partial charge on any atom is 0.247 e. The predicted molar refractivity (Wildman–Crippen MR) is 112 cm³/mol. The smallest absolute Gasteiger partial charge is 0.247 e. The summed E-state index contributed by atoms with van der Waals surface area (Å²) in [4.78, 5) is 25.7. The molecule has 3 aliphatic rings. The van der Waals surface area contributed by atoms with Crippen LogP contribution in [0.1, 0.15) is 25.7 Å². The minimum Gasteiger partial charge on any atom is -0.391 e. The molecule has 154 valence electrons. The van der Waals surface area contributed by atoms with Crippen LogP contribution in [0.4, 0.5) is 23.0 Å². The number of aliphatic hydroxyl groups excluding tert-OH is 1. The van der Waals surface area contributed by atoms with Crippen LogP contribution in [0.25, 0.3) is 0 Å². The average molecular weight is 404 g/mol. The highest BCUT2D eigenvalue weighted by atomic mass is 16.3. The zero-order valence-corrected chi connectivity index (χ0v) is 16.7. The number of hydrogen-bond acceptors (Lipinski definition) is 7. The van der Waals surface area contributed by atoms with Gasteiger partial charge in [0, 0.05) is 37.6 Å². The Labute approximate surface area is 175 Å². The number of pyridine rings is 2. The van der Waals surface area contributed by atoms with E-state index in [4.69, 9.17) is 0 Å². The SMILES string of the molecule is N#C[C@@]1(C2CC2)CCN(c2ccnc(Nc3ccc(N4CC[C@@H](O)C4)cn3)c2)C1=O. The van der Waals surface area contributed by atoms with Crippen molar-refractivity contribution in [3.8, 4) is 6.07 Å². The lowest BCUT2D eigenvalue weighted by Gasteiger charge is -2.21. The summed E-state index contributed by atoms with van der Waals surface area (Å²) in [7, 11) is 0. The van der Waals surface area contributed by atoms with Gasteiger partial charge in [0.25, 0.3) is 0 Å². The van der Waals surface area contributed by atoms with E-state index >= 15 is 0 Å². The lowest BCUT2D eigenvalue weighted by molar-refractivity contribution is -0.123. The topological polar surface area (TPSA) is 105 Å². The number of aliphatic hydroxyl groups is 1. The van der Waals surface area contributed by atoms with Crippen LogP contribution in [0.3, 0.4) is 0 Å². The molecule has 0 spiro atoms. The number of nitrogens with one attached hydrogen (secondary N) is 1. The molecule has 2 aromatic heterocycles. The van der Waals surface area contributed by atoms with Crippen molar-refractivity contribution >= 4 is 28.9 Å². The summed E-state index contributed by atoms with van der Waals surface area (Å²) in [6.07, 6.45) is 6.47. The van der Waals surface area contributed by atoms with Gasteiger partial charge in [-0.2, -0.15) is 5.26 Å². The van der Waals surface area contributed by atoms with Crippen LogP contribution in [-0.2, 0) is 4.79 Å². The quantitative estimate of drug-likeness (QED) is 0.788. The molecular formula is C22H24N6O2. The Balaban J connectivity index is 1.30. The standard InChI is InChI=1S/C22H24N6O2/c23-14-22(15-1-2-15)7-10-28(21(22)30)16-5-8-24-20(11-16)26-19-4-3-17(12-25-19)27-9-6-18(29)13-27/h3-5,8,11-12,15,18,29H,1-2,6-7,9-10,13H2,(H,24,25,26)/t18-,22-/m1/s1. The van der Waals surface area contributed by atoms with Crippen LogP contribution in [0.2, 0.25) is 0 Å². The summed E-state index contributed by atoms with van der Waals surface area (Å²) >= 11 is 0. The number of aromatic nitrogens is 2. The Morgan fingerprint density at radius 1 is 1.13 bits per heavy atom. The molecule has 30 heavy (non-hydrogen) atoms.